The second-order valence-corrected chi connectivity index (χ2v) is 9.42. The van der Waals surface area contributed by atoms with Crippen molar-refractivity contribution in [3.8, 4) is 0 Å². The van der Waals surface area contributed by atoms with Crippen LogP contribution in [0.2, 0.25) is 0 Å². The van der Waals surface area contributed by atoms with E-state index in [-0.39, 0.29) is 28.4 Å². The summed E-state index contributed by atoms with van der Waals surface area (Å²) in [5.41, 5.74) is 0.00418. The summed E-state index contributed by atoms with van der Waals surface area (Å²) in [6.07, 6.45) is 2.21. The summed E-state index contributed by atoms with van der Waals surface area (Å²) in [5, 5.41) is 5.56. The van der Waals surface area contributed by atoms with Crippen LogP contribution in [-0.4, -0.2) is 41.1 Å². The predicted molar refractivity (Wildman–Crippen MR) is 89.5 cm³/mol. The first-order valence-corrected chi connectivity index (χ1v) is 8.64. The van der Waals surface area contributed by atoms with Crippen LogP contribution >= 0.6 is 0 Å². The SMILES string of the molecule is CC(C)(C)[C@@H]1CCC(=O)[C@H](ON2C(C)(C)CNCC2(C)C)C1. The summed E-state index contributed by atoms with van der Waals surface area (Å²) in [6.45, 7) is 17.3. The Morgan fingerprint density at radius 3 is 2.18 bits per heavy atom. The normalized spacial score (nSPS) is 33.0. The number of carbonyl (C=O) groups is 1. The average Bonchev–Trinajstić information content (AvgIpc) is 2.33. The molecule has 2 aliphatic rings. The molecule has 0 aromatic carbocycles. The van der Waals surface area contributed by atoms with Gasteiger partial charge in [-0.2, -0.15) is 5.06 Å². The van der Waals surface area contributed by atoms with Crippen molar-refractivity contribution < 1.29 is 9.63 Å². The molecule has 0 bridgehead atoms. The van der Waals surface area contributed by atoms with Crippen LogP contribution in [0.5, 0.6) is 0 Å². The van der Waals surface area contributed by atoms with Crippen molar-refractivity contribution in [3.05, 3.63) is 0 Å². The monoisotopic (exact) mass is 310 g/mol. The van der Waals surface area contributed by atoms with Crippen molar-refractivity contribution in [2.45, 2.75) is 84.9 Å². The zero-order valence-corrected chi connectivity index (χ0v) is 15.5. The van der Waals surface area contributed by atoms with E-state index < -0.39 is 0 Å². The van der Waals surface area contributed by atoms with E-state index in [1.165, 1.54) is 0 Å². The molecule has 4 heteroatoms. The standard InChI is InChI=1S/C18H34N2O2/c1-16(2,3)13-8-9-14(21)15(10-13)22-20-17(4,5)11-19-12-18(20,6)7/h13,15,19H,8-12H2,1-7H3/t13-,15-/m1/s1. The Morgan fingerprint density at radius 1 is 1.14 bits per heavy atom. The first-order valence-electron chi connectivity index (χ1n) is 8.64. The Balaban J connectivity index is 2.14. The van der Waals surface area contributed by atoms with Crippen LogP contribution in [0, 0.1) is 11.3 Å². The van der Waals surface area contributed by atoms with Crippen LogP contribution in [0.1, 0.15) is 67.7 Å². The second-order valence-electron chi connectivity index (χ2n) is 9.42. The Hall–Kier alpha value is -0.450. The number of rotatable bonds is 2. The first-order chi connectivity index (χ1) is 9.93. The Morgan fingerprint density at radius 2 is 1.68 bits per heavy atom. The van der Waals surface area contributed by atoms with Crippen LogP contribution < -0.4 is 5.32 Å². The molecule has 1 saturated carbocycles. The lowest BCUT2D eigenvalue weighted by atomic mass is 9.71. The molecule has 0 spiro atoms. The second kappa shape index (κ2) is 5.88. The van der Waals surface area contributed by atoms with E-state index >= 15 is 0 Å². The maximum Gasteiger partial charge on any atom is 0.163 e. The molecule has 2 fully saturated rings. The molecule has 4 nitrogen and oxygen atoms in total. The average molecular weight is 310 g/mol. The molecule has 2 rings (SSSR count). The van der Waals surface area contributed by atoms with Crippen molar-refractivity contribution in [3.63, 3.8) is 0 Å². The van der Waals surface area contributed by atoms with Gasteiger partial charge in [-0.25, -0.2) is 0 Å². The van der Waals surface area contributed by atoms with Crippen molar-refractivity contribution >= 4 is 5.78 Å². The minimum absolute atomic E-state index is 0.114. The number of nitrogens with one attached hydrogen (secondary N) is 1. The lowest BCUT2D eigenvalue weighted by molar-refractivity contribution is -0.297. The van der Waals surface area contributed by atoms with Crippen LogP contribution in [-0.2, 0) is 9.63 Å². The van der Waals surface area contributed by atoms with Gasteiger partial charge < -0.3 is 5.32 Å². The van der Waals surface area contributed by atoms with Gasteiger partial charge in [0.15, 0.2) is 5.78 Å². The van der Waals surface area contributed by atoms with E-state index in [1.807, 2.05) is 0 Å². The first kappa shape index (κ1) is 17.9. The lowest BCUT2D eigenvalue weighted by Gasteiger charge is -2.53. The number of hydroxylamine groups is 2. The number of hydrogen-bond donors (Lipinski definition) is 1. The summed E-state index contributed by atoms with van der Waals surface area (Å²) < 4.78 is 0. The van der Waals surface area contributed by atoms with E-state index in [1.54, 1.807) is 0 Å². The number of Topliss-reactive ketones (excluding diaryl/α,β-unsaturated/α-hetero) is 1. The van der Waals surface area contributed by atoms with Crippen molar-refractivity contribution in [1.29, 1.82) is 0 Å². The van der Waals surface area contributed by atoms with Gasteiger partial charge >= 0.3 is 0 Å². The van der Waals surface area contributed by atoms with Gasteiger partial charge in [0.25, 0.3) is 0 Å². The van der Waals surface area contributed by atoms with Gasteiger partial charge in [-0.05, 0) is 51.9 Å². The van der Waals surface area contributed by atoms with Crippen molar-refractivity contribution in [1.82, 2.24) is 10.4 Å². The molecule has 0 radical (unpaired) electrons. The molecule has 1 aliphatic carbocycles. The van der Waals surface area contributed by atoms with Gasteiger partial charge in [0.2, 0.25) is 0 Å². The maximum atomic E-state index is 12.4. The van der Waals surface area contributed by atoms with Gasteiger partial charge in [0.1, 0.15) is 6.10 Å². The summed E-state index contributed by atoms with van der Waals surface area (Å²) in [6, 6.07) is 0. The van der Waals surface area contributed by atoms with E-state index in [2.05, 4.69) is 58.8 Å². The molecule has 22 heavy (non-hydrogen) atoms. The molecule has 1 saturated heterocycles. The maximum absolute atomic E-state index is 12.4. The highest BCUT2D eigenvalue weighted by Gasteiger charge is 2.46. The molecule has 128 valence electrons. The number of carbonyl (C=O) groups excluding carboxylic acids is 1. The Labute approximate surface area is 135 Å². The van der Waals surface area contributed by atoms with E-state index in [0.29, 0.717) is 12.3 Å². The summed E-state index contributed by atoms with van der Waals surface area (Å²) in [7, 11) is 0. The van der Waals surface area contributed by atoms with Crippen LogP contribution in [0.3, 0.4) is 0 Å². The Bertz CT molecular complexity index is 407. The number of piperazine rings is 1. The lowest BCUT2D eigenvalue weighted by Crippen LogP contribution is -2.68. The van der Waals surface area contributed by atoms with Crippen molar-refractivity contribution in [2.75, 3.05) is 13.1 Å². The molecule has 1 N–H and O–H groups in total. The third-order valence-corrected chi connectivity index (χ3v) is 5.27. The molecular formula is C18H34N2O2. The highest BCUT2D eigenvalue weighted by atomic mass is 16.7. The Kier molecular flexibility index (Phi) is 4.78. The molecule has 0 amide bonds. The smallest absolute Gasteiger partial charge is 0.163 e. The van der Waals surface area contributed by atoms with Gasteiger partial charge in [0, 0.05) is 19.5 Å². The molecule has 0 aromatic rings. The van der Waals surface area contributed by atoms with Crippen LogP contribution in [0.4, 0.5) is 0 Å². The van der Waals surface area contributed by atoms with Gasteiger partial charge in [-0.3, -0.25) is 9.63 Å². The van der Waals surface area contributed by atoms with E-state index in [4.69, 9.17) is 4.84 Å². The molecule has 2 atom stereocenters. The van der Waals surface area contributed by atoms with Crippen LogP contribution in [0.15, 0.2) is 0 Å². The number of hydrogen-bond acceptors (Lipinski definition) is 4. The quantitative estimate of drug-likeness (QED) is 0.850. The fourth-order valence-electron chi connectivity index (χ4n) is 3.92. The fraction of sp³-hybridized carbons (Fsp3) is 0.944. The predicted octanol–water partition coefficient (Wildman–Crippen LogP) is 3.16. The van der Waals surface area contributed by atoms with E-state index in [9.17, 15) is 4.79 Å². The molecule has 0 unspecified atom stereocenters. The largest absolute Gasteiger partial charge is 0.313 e. The van der Waals surface area contributed by atoms with Gasteiger partial charge in [-0.15, -0.1) is 0 Å². The molecule has 1 aliphatic heterocycles. The summed E-state index contributed by atoms with van der Waals surface area (Å²) in [4.78, 5) is 18.7. The third kappa shape index (κ3) is 3.72. The molecule has 1 heterocycles. The zero-order valence-electron chi connectivity index (χ0n) is 15.5. The zero-order chi connectivity index (χ0) is 16.8. The topological polar surface area (TPSA) is 41.6 Å². The summed E-state index contributed by atoms with van der Waals surface area (Å²) >= 11 is 0. The number of ketones is 1. The van der Waals surface area contributed by atoms with Gasteiger partial charge in [-0.1, -0.05) is 20.8 Å². The summed E-state index contributed by atoms with van der Waals surface area (Å²) in [5.74, 6) is 0.815. The molecule has 0 aromatic heterocycles. The minimum Gasteiger partial charge on any atom is -0.313 e. The minimum atomic E-state index is -0.283. The molecular weight excluding hydrogens is 276 g/mol. The highest BCUT2D eigenvalue weighted by Crippen LogP contribution is 2.39. The fourth-order valence-corrected chi connectivity index (χ4v) is 3.92. The third-order valence-electron chi connectivity index (χ3n) is 5.27. The van der Waals surface area contributed by atoms with E-state index in [0.717, 1.165) is 25.9 Å². The van der Waals surface area contributed by atoms with Crippen LogP contribution in [0.25, 0.3) is 0 Å². The number of nitrogens with zero attached hydrogens (tertiary/aromatic N) is 1. The van der Waals surface area contributed by atoms with Gasteiger partial charge in [0.05, 0.1) is 11.1 Å². The van der Waals surface area contributed by atoms with Crippen molar-refractivity contribution in [2.24, 2.45) is 11.3 Å². The highest BCUT2D eigenvalue weighted by molar-refractivity contribution is 5.83.